The molecule has 2 aromatic rings. The zero-order chi connectivity index (χ0) is 17.8. The van der Waals surface area contributed by atoms with Crippen LogP contribution in [-0.4, -0.2) is 11.9 Å². The molecule has 0 unspecified atom stereocenters. The van der Waals surface area contributed by atoms with Gasteiger partial charge in [-0.05, 0) is 42.3 Å². The quantitative estimate of drug-likeness (QED) is 0.803. The molecule has 0 bridgehead atoms. The first-order valence-electron chi connectivity index (χ1n) is 7.71. The third kappa shape index (κ3) is 3.93. The SMILES string of the molecule is N#Cc1ccc(F)c(CNC(=O)Nc2ccc3c(c2)NC(=O)CC3)c1. The highest BCUT2D eigenvalue weighted by Gasteiger charge is 2.15. The summed E-state index contributed by atoms with van der Waals surface area (Å²) in [6.07, 6.45) is 1.12. The molecule has 0 atom stereocenters. The number of urea groups is 1. The molecule has 3 N–H and O–H groups in total. The number of carbonyl (C=O) groups is 2. The molecule has 0 radical (unpaired) electrons. The average molecular weight is 338 g/mol. The Morgan fingerprint density at radius 3 is 2.88 bits per heavy atom. The van der Waals surface area contributed by atoms with E-state index >= 15 is 0 Å². The van der Waals surface area contributed by atoms with E-state index in [-0.39, 0.29) is 18.0 Å². The molecule has 7 heteroatoms. The summed E-state index contributed by atoms with van der Waals surface area (Å²) < 4.78 is 13.7. The fraction of sp³-hybridized carbons (Fsp3) is 0.167. The van der Waals surface area contributed by atoms with Gasteiger partial charge in [-0.3, -0.25) is 4.79 Å². The van der Waals surface area contributed by atoms with Gasteiger partial charge in [0, 0.05) is 29.9 Å². The maximum absolute atomic E-state index is 13.7. The molecule has 3 rings (SSSR count). The van der Waals surface area contributed by atoms with Gasteiger partial charge in [0.15, 0.2) is 0 Å². The second kappa shape index (κ2) is 7.01. The standard InChI is InChI=1S/C18H15FN4O2/c19-15-5-1-11(9-20)7-13(15)10-21-18(25)22-14-4-2-12-3-6-17(24)23-16(12)8-14/h1-2,4-5,7-8H,3,6,10H2,(H,23,24)(H2,21,22,25). The summed E-state index contributed by atoms with van der Waals surface area (Å²) in [7, 11) is 0. The van der Waals surface area contributed by atoms with Crippen LogP contribution >= 0.6 is 0 Å². The van der Waals surface area contributed by atoms with Crippen molar-refractivity contribution in [3.63, 3.8) is 0 Å². The maximum atomic E-state index is 13.7. The third-order valence-corrected chi connectivity index (χ3v) is 3.88. The zero-order valence-electron chi connectivity index (χ0n) is 13.2. The van der Waals surface area contributed by atoms with E-state index in [4.69, 9.17) is 5.26 Å². The molecule has 1 aliphatic rings. The van der Waals surface area contributed by atoms with Crippen molar-refractivity contribution in [1.29, 1.82) is 5.26 Å². The van der Waals surface area contributed by atoms with Crippen LogP contribution in [0.25, 0.3) is 0 Å². The Hall–Kier alpha value is -3.40. The number of hydrogen-bond donors (Lipinski definition) is 3. The van der Waals surface area contributed by atoms with Crippen LogP contribution in [0.3, 0.4) is 0 Å². The predicted octanol–water partition coefficient (Wildman–Crippen LogP) is 2.90. The Bertz CT molecular complexity index is 889. The molecule has 0 aliphatic carbocycles. The summed E-state index contributed by atoms with van der Waals surface area (Å²) >= 11 is 0. The molecule has 6 nitrogen and oxygen atoms in total. The minimum Gasteiger partial charge on any atom is -0.334 e. The molecule has 0 aromatic heterocycles. The van der Waals surface area contributed by atoms with E-state index in [1.807, 2.05) is 12.1 Å². The third-order valence-electron chi connectivity index (χ3n) is 3.88. The van der Waals surface area contributed by atoms with Crippen LogP contribution in [0.2, 0.25) is 0 Å². The lowest BCUT2D eigenvalue weighted by atomic mass is 10.0. The van der Waals surface area contributed by atoms with Crippen molar-refractivity contribution in [1.82, 2.24) is 5.32 Å². The fourth-order valence-corrected chi connectivity index (χ4v) is 2.58. The number of anilines is 2. The zero-order valence-corrected chi connectivity index (χ0v) is 13.2. The van der Waals surface area contributed by atoms with Gasteiger partial charge < -0.3 is 16.0 Å². The van der Waals surface area contributed by atoms with Crippen molar-refractivity contribution in [2.75, 3.05) is 10.6 Å². The number of nitriles is 1. The number of fused-ring (bicyclic) bond motifs is 1. The van der Waals surface area contributed by atoms with Crippen molar-refractivity contribution in [3.8, 4) is 6.07 Å². The topological polar surface area (TPSA) is 94.0 Å². The molecule has 3 amide bonds. The second-order valence-electron chi connectivity index (χ2n) is 5.65. The molecule has 2 aromatic carbocycles. The van der Waals surface area contributed by atoms with Crippen LogP contribution in [0.5, 0.6) is 0 Å². The lowest BCUT2D eigenvalue weighted by Gasteiger charge is -2.18. The van der Waals surface area contributed by atoms with E-state index in [0.717, 1.165) is 5.56 Å². The summed E-state index contributed by atoms with van der Waals surface area (Å²) in [6, 6.07) is 10.7. The predicted molar refractivity (Wildman–Crippen MR) is 90.4 cm³/mol. The van der Waals surface area contributed by atoms with Crippen LogP contribution in [0, 0.1) is 17.1 Å². The normalized spacial score (nSPS) is 12.6. The highest BCUT2D eigenvalue weighted by Crippen LogP contribution is 2.25. The van der Waals surface area contributed by atoms with Crippen LogP contribution in [0.4, 0.5) is 20.6 Å². The van der Waals surface area contributed by atoms with Gasteiger partial charge in [-0.1, -0.05) is 6.07 Å². The minimum absolute atomic E-state index is 0.0468. The molecule has 0 fully saturated rings. The summed E-state index contributed by atoms with van der Waals surface area (Å²) in [5, 5.41) is 16.8. The summed E-state index contributed by atoms with van der Waals surface area (Å²) in [5.74, 6) is -0.544. The smallest absolute Gasteiger partial charge is 0.319 e. The van der Waals surface area contributed by atoms with Crippen molar-refractivity contribution >= 4 is 23.3 Å². The monoisotopic (exact) mass is 338 g/mol. The Morgan fingerprint density at radius 2 is 2.08 bits per heavy atom. The molecule has 0 spiro atoms. The lowest BCUT2D eigenvalue weighted by Crippen LogP contribution is -2.28. The van der Waals surface area contributed by atoms with Crippen LogP contribution in [0.15, 0.2) is 36.4 Å². The minimum atomic E-state index is -0.510. The van der Waals surface area contributed by atoms with Crippen molar-refractivity contribution in [3.05, 3.63) is 58.9 Å². The van der Waals surface area contributed by atoms with Crippen molar-refractivity contribution < 1.29 is 14.0 Å². The number of aryl methyl sites for hydroxylation is 1. The first-order valence-corrected chi connectivity index (χ1v) is 7.71. The Balaban J connectivity index is 1.63. The number of halogens is 1. The highest BCUT2D eigenvalue weighted by atomic mass is 19.1. The second-order valence-corrected chi connectivity index (χ2v) is 5.65. The molecule has 25 heavy (non-hydrogen) atoms. The lowest BCUT2D eigenvalue weighted by molar-refractivity contribution is -0.116. The Kier molecular flexibility index (Phi) is 4.61. The number of carbonyl (C=O) groups excluding carboxylic acids is 2. The number of nitrogens with zero attached hydrogens (tertiary/aromatic N) is 1. The Morgan fingerprint density at radius 1 is 1.24 bits per heavy atom. The molecule has 0 saturated carbocycles. The molecule has 126 valence electrons. The molecule has 1 heterocycles. The summed E-state index contributed by atoms with van der Waals surface area (Å²) in [4.78, 5) is 23.4. The van der Waals surface area contributed by atoms with Gasteiger partial charge in [0.2, 0.25) is 5.91 Å². The maximum Gasteiger partial charge on any atom is 0.319 e. The van der Waals surface area contributed by atoms with E-state index < -0.39 is 11.8 Å². The summed E-state index contributed by atoms with van der Waals surface area (Å²) in [6.45, 7) is -0.0468. The van der Waals surface area contributed by atoms with E-state index in [9.17, 15) is 14.0 Å². The highest BCUT2D eigenvalue weighted by molar-refractivity contribution is 5.96. The first-order chi connectivity index (χ1) is 12.0. The van der Waals surface area contributed by atoms with Crippen LogP contribution in [-0.2, 0) is 17.8 Å². The molecular formula is C18H15FN4O2. The number of benzene rings is 2. The van der Waals surface area contributed by atoms with Crippen molar-refractivity contribution in [2.24, 2.45) is 0 Å². The van der Waals surface area contributed by atoms with Crippen LogP contribution < -0.4 is 16.0 Å². The van der Waals surface area contributed by atoms with E-state index in [0.29, 0.717) is 29.8 Å². The van der Waals surface area contributed by atoms with Crippen molar-refractivity contribution in [2.45, 2.75) is 19.4 Å². The number of nitrogens with one attached hydrogen (secondary N) is 3. The molecule has 0 saturated heterocycles. The largest absolute Gasteiger partial charge is 0.334 e. The number of hydrogen-bond acceptors (Lipinski definition) is 3. The van der Waals surface area contributed by atoms with Gasteiger partial charge in [0.1, 0.15) is 5.82 Å². The van der Waals surface area contributed by atoms with Gasteiger partial charge in [0.25, 0.3) is 0 Å². The molecular weight excluding hydrogens is 323 g/mol. The van der Waals surface area contributed by atoms with Crippen LogP contribution in [0.1, 0.15) is 23.1 Å². The number of rotatable bonds is 3. The van der Waals surface area contributed by atoms with Gasteiger partial charge in [-0.15, -0.1) is 0 Å². The number of amides is 3. The van der Waals surface area contributed by atoms with Gasteiger partial charge in [0.05, 0.1) is 11.6 Å². The Labute approximate surface area is 143 Å². The van der Waals surface area contributed by atoms with Gasteiger partial charge >= 0.3 is 6.03 Å². The summed E-state index contributed by atoms with van der Waals surface area (Å²) in [5.41, 5.74) is 2.77. The first kappa shape index (κ1) is 16.5. The van der Waals surface area contributed by atoms with Gasteiger partial charge in [-0.25, -0.2) is 9.18 Å². The van der Waals surface area contributed by atoms with E-state index in [1.54, 1.807) is 12.1 Å². The van der Waals surface area contributed by atoms with E-state index in [2.05, 4.69) is 16.0 Å². The van der Waals surface area contributed by atoms with E-state index in [1.165, 1.54) is 18.2 Å². The fourth-order valence-electron chi connectivity index (χ4n) is 2.58. The van der Waals surface area contributed by atoms with Gasteiger partial charge in [-0.2, -0.15) is 5.26 Å². The molecule has 1 aliphatic heterocycles. The average Bonchev–Trinajstić information content (AvgIpc) is 2.60.